The summed E-state index contributed by atoms with van der Waals surface area (Å²) in [5.74, 6) is -0.524. The highest BCUT2D eigenvalue weighted by Gasteiger charge is 2.07. The Bertz CT molecular complexity index is 459. The summed E-state index contributed by atoms with van der Waals surface area (Å²) >= 11 is 0. The number of carbonyl (C=O) groups excluding carboxylic acids is 1. The molecule has 5 nitrogen and oxygen atoms in total. The Hall–Kier alpha value is -2.43. The Balaban J connectivity index is 1.95. The zero-order valence-corrected chi connectivity index (χ0v) is 8.33. The van der Waals surface area contributed by atoms with Crippen LogP contribution >= 0.6 is 0 Å². The van der Waals surface area contributed by atoms with Crippen LogP contribution in [-0.4, -0.2) is 15.9 Å². The number of aromatic nitrogens is 2. The molecule has 0 unspecified atom stereocenters. The summed E-state index contributed by atoms with van der Waals surface area (Å²) in [6.45, 7) is 0. The van der Waals surface area contributed by atoms with Gasteiger partial charge < -0.3 is 4.84 Å². The SMILES string of the molecule is O=C(ONc1ccccc1)c1cncnc1. The van der Waals surface area contributed by atoms with Crippen LogP contribution in [0.3, 0.4) is 0 Å². The van der Waals surface area contributed by atoms with E-state index in [-0.39, 0.29) is 0 Å². The van der Waals surface area contributed by atoms with E-state index in [0.717, 1.165) is 0 Å². The van der Waals surface area contributed by atoms with Gasteiger partial charge in [0.25, 0.3) is 0 Å². The predicted octanol–water partition coefficient (Wildman–Crippen LogP) is 1.66. The van der Waals surface area contributed by atoms with Gasteiger partial charge >= 0.3 is 5.97 Å². The molecule has 0 radical (unpaired) electrons. The molecule has 0 saturated heterocycles. The van der Waals surface area contributed by atoms with Crippen molar-refractivity contribution in [1.82, 2.24) is 9.97 Å². The Morgan fingerprint density at radius 2 is 1.81 bits per heavy atom. The average molecular weight is 215 g/mol. The molecule has 1 heterocycles. The minimum Gasteiger partial charge on any atom is -0.338 e. The van der Waals surface area contributed by atoms with Crippen LogP contribution < -0.4 is 5.48 Å². The number of anilines is 1. The van der Waals surface area contributed by atoms with Gasteiger partial charge in [-0.25, -0.2) is 20.2 Å². The number of rotatable bonds is 3. The van der Waals surface area contributed by atoms with Crippen molar-refractivity contribution in [3.05, 3.63) is 54.6 Å². The fourth-order valence-electron chi connectivity index (χ4n) is 1.07. The van der Waals surface area contributed by atoms with Crippen molar-refractivity contribution in [3.63, 3.8) is 0 Å². The lowest BCUT2D eigenvalue weighted by Crippen LogP contribution is -2.11. The van der Waals surface area contributed by atoms with Gasteiger partial charge in [-0.05, 0) is 12.1 Å². The third-order valence-electron chi connectivity index (χ3n) is 1.83. The molecule has 0 amide bonds. The summed E-state index contributed by atoms with van der Waals surface area (Å²) in [5, 5.41) is 0. The number of benzene rings is 1. The van der Waals surface area contributed by atoms with Crippen molar-refractivity contribution >= 4 is 11.7 Å². The first-order valence-electron chi connectivity index (χ1n) is 4.63. The van der Waals surface area contributed by atoms with Gasteiger partial charge in [-0.15, -0.1) is 0 Å². The summed E-state index contributed by atoms with van der Waals surface area (Å²) in [5.41, 5.74) is 3.54. The predicted molar refractivity (Wildman–Crippen MR) is 57.5 cm³/mol. The third-order valence-corrected chi connectivity index (χ3v) is 1.83. The van der Waals surface area contributed by atoms with Crippen LogP contribution in [0.1, 0.15) is 10.4 Å². The van der Waals surface area contributed by atoms with E-state index in [0.29, 0.717) is 11.3 Å². The fourth-order valence-corrected chi connectivity index (χ4v) is 1.07. The lowest BCUT2D eigenvalue weighted by Gasteiger charge is -2.05. The van der Waals surface area contributed by atoms with Crippen LogP contribution in [0.4, 0.5) is 5.69 Å². The van der Waals surface area contributed by atoms with Gasteiger partial charge in [-0.1, -0.05) is 18.2 Å². The van der Waals surface area contributed by atoms with E-state index in [1.165, 1.54) is 18.7 Å². The summed E-state index contributed by atoms with van der Waals surface area (Å²) in [7, 11) is 0. The highest BCUT2D eigenvalue weighted by atomic mass is 16.7. The smallest absolute Gasteiger partial charge is 0.338 e. The van der Waals surface area contributed by atoms with Crippen molar-refractivity contribution in [2.24, 2.45) is 0 Å². The molecular weight excluding hydrogens is 206 g/mol. The van der Waals surface area contributed by atoms with E-state index in [9.17, 15) is 4.79 Å². The normalized spacial score (nSPS) is 9.50. The Labute approximate surface area is 92.1 Å². The summed E-state index contributed by atoms with van der Waals surface area (Å²) in [6, 6.07) is 9.12. The second kappa shape index (κ2) is 4.88. The molecule has 1 aromatic carbocycles. The first-order chi connectivity index (χ1) is 7.86. The molecule has 0 bridgehead atoms. The summed E-state index contributed by atoms with van der Waals surface area (Å²) in [4.78, 5) is 23.7. The maximum atomic E-state index is 11.5. The first-order valence-corrected chi connectivity index (χ1v) is 4.63. The molecule has 0 spiro atoms. The Morgan fingerprint density at radius 3 is 2.50 bits per heavy atom. The lowest BCUT2D eigenvalue weighted by atomic mass is 10.3. The first kappa shape index (κ1) is 10.1. The lowest BCUT2D eigenvalue weighted by molar-refractivity contribution is 0.0595. The van der Waals surface area contributed by atoms with Gasteiger partial charge in [0.15, 0.2) is 0 Å². The number of para-hydroxylation sites is 1. The van der Waals surface area contributed by atoms with Crippen LogP contribution in [0.5, 0.6) is 0 Å². The molecule has 2 aromatic rings. The van der Waals surface area contributed by atoms with Gasteiger partial charge in [0, 0.05) is 12.4 Å². The second-order valence-corrected chi connectivity index (χ2v) is 2.98. The maximum absolute atomic E-state index is 11.5. The van der Waals surface area contributed by atoms with Gasteiger partial charge in [0.2, 0.25) is 0 Å². The molecule has 0 saturated carbocycles. The van der Waals surface area contributed by atoms with Crippen LogP contribution in [0.2, 0.25) is 0 Å². The van der Waals surface area contributed by atoms with Crippen LogP contribution in [0.15, 0.2) is 49.1 Å². The fraction of sp³-hybridized carbons (Fsp3) is 0. The maximum Gasteiger partial charge on any atom is 0.365 e. The third kappa shape index (κ3) is 2.54. The standard InChI is InChI=1S/C11H9N3O2/c15-11(9-6-12-8-13-7-9)16-14-10-4-2-1-3-5-10/h1-8,14H. The molecular formula is C11H9N3O2. The molecule has 1 N–H and O–H groups in total. The molecule has 0 aliphatic carbocycles. The van der Waals surface area contributed by atoms with Crippen molar-refractivity contribution in [2.75, 3.05) is 5.48 Å². The minimum absolute atomic E-state index is 0.297. The highest BCUT2D eigenvalue weighted by molar-refractivity contribution is 5.89. The van der Waals surface area contributed by atoms with E-state index in [4.69, 9.17) is 4.84 Å². The number of hydrogen-bond acceptors (Lipinski definition) is 5. The number of nitrogens with one attached hydrogen (secondary N) is 1. The van der Waals surface area contributed by atoms with E-state index >= 15 is 0 Å². The average Bonchev–Trinajstić information content (AvgIpc) is 2.38. The molecule has 5 heteroatoms. The van der Waals surface area contributed by atoms with Gasteiger partial charge in [0.1, 0.15) is 6.33 Å². The van der Waals surface area contributed by atoms with Crippen LogP contribution in [-0.2, 0) is 4.84 Å². The van der Waals surface area contributed by atoms with Gasteiger partial charge in [-0.2, -0.15) is 0 Å². The molecule has 2 rings (SSSR count). The number of carbonyl (C=O) groups is 1. The van der Waals surface area contributed by atoms with Crippen molar-refractivity contribution in [2.45, 2.75) is 0 Å². The summed E-state index contributed by atoms with van der Waals surface area (Å²) < 4.78 is 0. The second-order valence-electron chi connectivity index (χ2n) is 2.98. The summed E-state index contributed by atoms with van der Waals surface area (Å²) in [6.07, 6.45) is 4.13. The zero-order chi connectivity index (χ0) is 11.2. The van der Waals surface area contributed by atoms with Crippen molar-refractivity contribution < 1.29 is 9.63 Å². The molecule has 0 atom stereocenters. The van der Waals surface area contributed by atoms with Crippen LogP contribution in [0.25, 0.3) is 0 Å². The van der Waals surface area contributed by atoms with Crippen molar-refractivity contribution in [1.29, 1.82) is 0 Å². The molecule has 16 heavy (non-hydrogen) atoms. The molecule has 80 valence electrons. The van der Waals surface area contributed by atoms with Crippen LogP contribution in [0, 0.1) is 0 Å². The van der Waals surface area contributed by atoms with E-state index in [1.807, 2.05) is 18.2 Å². The highest BCUT2D eigenvalue weighted by Crippen LogP contribution is 2.06. The number of hydrogen-bond donors (Lipinski definition) is 1. The van der Waals surface area contributed by atoms with E-state index in [2.05, 4.69) is 15.4 Å². The zero-order valence-electron chi connectivity index (χ0n) is 8.33. The monoisotopic (exact) mass is 215 g/mol. The Morgan fingerprint density at radius 1 is 1.12 bits per heavy atom. The largest absolute Gasteiger partial charge is 0.365 e. The van der Waals surface area contributed by atoms with E-state index < -0.39 is 5.97 Å². The van der Waals surface area contributed by atoms with Crippen molar-refractivity contribution in [3.8, 4) is 0 Å². The minimum atomic E-state index is -0.524. The molecule has 0 fully saturated rings. The quantitative estimate of drug-likeness (QED) is 0.789. The van der Waals surface area contributed by atoms with Gasteiger partial charge in [0.05, 0.1) is 11.3 Å². The van der Waals surface area contributed by atoms with Gasteiger partial charge in [-0.3, -0.25) is 0 Å². The molecule has 0 aliphatic heterocycles. The Kier molecular flexibility index (Phi) is 3.08. The van der Waals surface area contributed by atoms with E-state index in [1.54, 1.807) is 12.1 Å². The topological polar surface area (TPSA) is 64.1 Å². The number of nitrogens with zero attached hydrogens (tertiary/aromatic N) is 2. The molecule has 1 aromatic heterocycles. The molecule has 0 aliphatic rings.